The summed E-state index contributed by atoms with van der Waals surface area (Å²) in [6, 6.07) is 0.704. The molecule has 0 spiro atoms. The van der Waals surface area contributed by atoms with E-state index in [0.29, 0.717) is 6.04 Å². The summed E-state index contributed by atoms with van der Waals surface area (Å²) >= 11 is 0. The van der Waals surface area contributed by atoms with E-state index in [9.17, 15) is 0 Å². The third-order valence-electron chi connectivity index (χ3n) is 2.62. The Morgan fingerprint density at radius 2 is 2.31 bits per heavy atom. The van der Waals surface area contributed by atoms with Crippen molar-refractivity contribution in [1.82, 2.24) is 10.2 Å². The summed E-state index contributed by atoms with van der Waals surface area (Å²) in [5, 5.41) is 3.54. The van der Waals surface area contributed by atoms with E-state index in [0.717, 1.165) is 19.7 Å². The van der Waals surface area contributed by atoms with Crippen molar-refractivity contribution in [1.29, 1.82) is 0 Å². The lowest BCUT2D eigenvalue weighted by atomic mass is 10.0. The largest absolute Gasteiger partial charge is 0.383 e. The number of hydrogen-bond acceptors (Lipinski definition) is 3. The Bertz CT molecular complexity index is 124. The number of ether oxygens (including phenoxy) is 1. The van der Waals surface area contributed by atoms with Gasteiger partial charge in [0.1, 0.15) is 0 Å². The zero-order valence-corrected chi connectivity index (χ0v) is 8.88. The smallest absolute Gasteiger partial charge is 0.0589 e. The van der Waals surface area contributed by atoms with Crippen LogP contribution in [0.25, 0.3) is 0 Å². The second-order valence-electron chi connectivity index (χ2n) is 3.90. The van der Waals surface area contributed by atoms with Crippen LogP contribution < -0.4 is 5.32 Å². The maximum atomic E-state index is 5.04. The molecule has 1 heterocycles. The van der Waals surface area contributed by atoms with Gasteiger partial charge in [-0.25, -0.2) is 0 Å². The van der Waals surface area contributed by atoms with Crippen LogP contribution >= 0.6 is 0 Å². The van der Waals surface area contributed by atoms with E-state index in [-0.39, 0.29) is 0 Å². The average molecular weight is 186 g/mol. The first kappa shape index (κ1) is 11.0. The van der Waals surface area contributed by atoms with E-state index < -0.39 is 0 Å². The number of rotatable bonds is 5. The van der Waals surface area contributed by atoms with Crippen molar-refractivity contribution in [2.45, 2.75) is 25.3 Å². The minimum Gasteiger partial charge on any atom is -0.383 e. The van der Waals surface area contributed by atoms with Gasteiger partial charge in [0, 0.05) is 26.2 Å². The number of piperidine rings is 1. The third kappa shape index (κ3) is 4.60. The van der Waals surface area contributed by atoms with E-state index in [4.69, 9.17) is 4.74 Å². The fourth-order valence-corrected chi connectivity index (χ4v) is 1.79. The van der Waals surface area contributed by atoms with Gasteiger partial charge in [0.05, 0.1) is 6.61 Å². The van der Waals surface area contributed by atoms with Crippen LogP contribution in [0.15, 0.2) is 0 Å². The summed E-state index contributed by atoms with van der Waals surface area (Å²) in [7, 11) is 3.92. The summed E-state index contributed by atoms with van der Waals surface area (Å²) < 4.78 is 5.04. The lowest BCUT2D eigenvalue weighted by Gasteiger charge is -2.27. The van der Waals surface area contributed by atoms with Crippen molar-refractivity contribution in [3.05, 3.63) is 0 Å². The number of nitrogens with zero attached hydrogens (tertiary/aromatic N) is 1. The van der Waals surface area contributed by atoms with Gasteiger partial charge in [-0.1, -0.05) is 6.42 Å². The average Bonchev–Trinajstić information content (AvgIpc) is 2.16. The summed E-state index contributed by atoms with van der Waals surface area (Å²) in [5.41, 5.74) is 0. The molecule has 0 amide bonds. The zero-order chi connectivity index (χ0) is 9.52. The molecule has 13 heavy (non-hydrogen) atoms. The molecule has 1 fully saturated rings. The summed E-state index contributed by atoms with van der Waals surface area (Å²) in [4.78, 5) is 2.34. The van der Waals surface area contributed by atoms with E-state index in [1.807, 2.05) is 0 Å². The van der Waals surface area contributed by atoms with Gasteiger partial charge >= 0.3 is 0 Å². The van der Waals surface area contributed by atoms with E-state index in [1.165, 1.54) is 25.8 Å². The normalized spacial score (nSPS) is 23.8. The second-order valence-corrected chi connectivity index (χ2v) is 3.90. The van der Waals surface area contributed by atoms with Crippen molar-refractivity contribution >= 4 is 0 Å². The molecular weight excluding hydrogens is 164 g/mol. The summed E-state index contributed by atoms with van der Waals surface area (Å²) in [5.74, 6) is 0. The van der Waals surface area contributed by atoms with Crippen molar-refractivity contribution in [3.63, 3.8) is 0 Å². The van der Waals surface area contributed by atoms with Crippen LogP contribution in [-0.4, -0.2) is 51.3 Å². The van der Waals surface area contributed by atoms with Gasteiger partial charge in [0.25, 0.3) is 0 Å². The Kier molecular flexibility index (Phi) is 5.35. The maximum absolute atomic E-state index is 5.04. The molecule has 1 N–H and O–H groups in total. The number of hydrogen-bond donors (Lipinski definition) is 1. The molecule has 1 rings (SSSR count). The van der Waals surface area contributed by atoms with Crippen LogP contribution in [0.4, 0.5) is 0 Å². The van der Waals surface area contributed by atoms with Gasteiger partial charge in [-0.3, -0.25) is 0 Å². The molecule has 0 aliphatic carbocycles. The molecule has 1 atom stereocenters. The van der Waals surface area contributed by atoms with Gasteiger partial charge in [-0.2, -0.15) is 0 Å². The molecule has 0 aromatic carbocycles. The molecule has 0 aromatic heterocycles. The van der Waals surface area contributed by atoms with E-state index >= 15 is 0 Å². The SMILES string of the molecule is COCCN(C)CC1CCCCN1. The fourth-order valence-electron chi connectivity index (χ4n) is 1.79. The van der Waals surface area contributed by atoms with Crippen molar-refractivity contribution in [2.24, 2.45) is 0 Å². The lowest BCUT2D eigenvalue weighted by Crippen LogP contribution is -2.43. The van der Waals surface area contributed by atoms with E-state index in [1.54, 1.807) is 7.11 Å². The highest BCUT2D eigenvalue weighted by atomic mass is 16.5. The molecule has 0 saturated carbocycles. The van der Waals surface area contributed by atoms with Crippen LogP contribution in [0.3, 0.4) is 0 Å². The van der Waals surface area contributed by atoms with Gasteiger partial charge in [-0.15, -0.1) is 0 Å². The fraction of sp³-hybridized carbons (Fsp3) is 1.00. The molecule has 1 aliphatic heterocycles. The van der Waals surface area contributed by atoms with Gasteiger partial charge in [-0.05, 0) is 26.4 Å². The first-order chi connectivity index (χ1) is 6.33. The monoisotopic (exact) mass is 186 g/mol. The molecule has 3 nitrogen and oxygen atoms in total. The minimum atomic E-state index is 0.704. The Morgan fingerprint density at radius 1 is 1.46 bits per heavy atom. The first-order valence-electron chi connectivity index (χ1n) is 5.24. The topological polar surface area (TPSA) is 24.5 Å². The molecule has 78 valence electrons. The Labute approximate surface area is 81.4 Å². The highest BCUT2D eigenvalue weighted by Gasteiger charge is 2.13. The number of nitrogens with one attached hydrogen (secondary N) is 1. The highest BCUT2D eigenvalue weighted by molar-refractivity contribution is 4.74. The highest BCUT2D eigenvalue weighted by Crippen LogP contribution is 2.07. The van der Waals surface area contributed by atoms with Crippen LogP contribution in [0, 0.1) is 0 Å². The van der Waals surface area contributed by atoms with Crippen molar-refractivity contribution in [2.75, 3.05) is 40.4 Å². The molecule has 1 saturated heterocycles. The predicted molar refractivity (Wildman–Crippen MR) is 55.0 cm³/mol. The van der Waals surface area contributed by atoms with Crippen LogP contribution in [0.2, 0.25) is 0 Å². The number of likely N-dealkylation sites (N-methyl/N-ethyl adjacent to an activating group) is 1. The Balaban J connectivity index is 2.07. The van der Waals surface area contributed by atoms with Crippen LogP contribution in [0.1, 0.15) is 19.3 Å². The van der Waals surface area contributed by atoms with Gasteiger partial charge in [0.15, 0.2) is 0 Å². The minimum absolute atomic E-state index is 0.704. The summed E-state index contributed by atoms with van der Waals surface area (Å²) in [6.07, 6.45) is 4.06. The van der Waals surface area contributed by atoms with E-state index in [2.05, 4.69) is 17.3 Å². The van der Waals surface area contributed by atoms with Crippen molar-refractivity contribution in [3.8, 4) is 0 Å². The first-order valence-corrected chi connectivity index (χ1v) is 5.24. The molecule has 0 radical (unpaired) electrons. The second kappa shape index (κ2) is 6.35. The van der Waals surface area contributed by atoms with Crippen LogP contribution in [0.5, 0.6) is 0 Å². The molecule has 1 aliphatic rings. The van der Waals surface area contributed by atoms with Gasteiger partial charge < -0.3 is 15.0 Å². The number of methoxy groups -OCH3 is 1. The van der Waals surface area contributed by atoms with Gasteiger partial charge in [0.2, 0.25) is 0 Å². The predicted octanol–water partition coefficient (Wildman–Crippen LogP) is 0.707. The molecule has 0 aromatic rings. The molecule has 3 heteroatoms. The van der Waals surface area contributed by atoms with Crippen molar-refractivity contribution < 1.29 is 4.74 Å². The Hall–Kier alpha value is -0.120. The Morgan fingerprint density at radius 3 is 2.92 bits per heavy atom. The molecule has 1 unspecified atom stereocenters. The third-order valence-corrected chi connectivity index (χ3v) is 2.62. The lowest BCUT2D eigenvalue weighted by molar-refractivity contribution is 0.152. The summed E-state index contributed by atoms with van der Waals surface area (Å²) in [6.45, 7) is 4.23. The maximum Gasteiger partial charge on any atom is 0.0589 e. The van der Waals surface area contributed by atoms with Crippen LogP contribution in [-0.2, 0) is 4.74 Å². The molecule has 0 bridgehead atoms. The zero-order valence-electron chi connectivity index (χ0n) is 8.88. The quantitative estimate of drug-likeness (QED) is 0.684. The standard InChI is InChI=1S/C10H22N2O/c1-12(7-8-13-2)9-10-5-3-4-6-11-10/h10-11H,3-9H2,1-2H3. The molecular formula is C10H22N2O.